The number of piperidine rings is 1. The molecular formula is C24H34N4O3S. The average molecular weight is 459 g/mol. The van der Waals surface area contributed by atoms with Crippen LogP contribution in [0.25, 0.3) is 0 Å². The lowest BCUT2D eigenvalue weighted by atomic mass is 10.1. The van der Waals surface area contributed by atoms with Crippen LogP contribution < -0.4 is 5.32 Å². The molecule has 1 aromatic heterocycles. The van der Waals surface area contributed by atoms with E-state index in [1.807, 2.05) is 0 Å². The van der Waals surface area contributed by atoms with Gasteiger partial charge in [-0.3, -0.25) is 4.90 Å². The maximum absolute atomic E-state index is 12.7. The van der Waals surface area contributed by atoms with E-state index in [1.54, 1.807) is 16.4 Å². The Morgan fingerprint density at radius 1 is 0.969 bits per heavy atom. The van der Waals surface area contributed by atoms with Gasteiger partial charge in [0.1, 0.15) is 10.7 Å². The second-order valence-corrected chi connectivity index (χ2v) is 10.9. The number of hydrogen-bond donors (Lipinski definition) is 1. The van der Waals surface area contributed by atoms with Crippen molar-refractivity contribution in [2.75, 3.05) is 31.5 Å². The quantitative estimate of drug-likeness (QED) is 0.685. The summed E-state index contributed by atoms with van der Waals surface area (Å²) in [7, 11) is -3.44. The van der Waals surface area contributed by atoms with Crippen LogP contribution in [0.5, 0.6) is 0 Å². The number of sulfonamides is 1. The molecule has 1 aromatic carbocycles. The minimum atomic E-state index is -3.44. The number of nitrogens with zero attached hydrogens (tertiary/aromatic N) is 3. The molecule has 7 nitrogen and oxygen atoms in total. The zero-order valence-electron chi connectivity index (χ0n) is 19.0. The van der Waals surface area contributed by atoms with Gasteiger partial charge in [0.15, 0.2) is 0 Å². The number of morpholine rings is 1. The lowest BCUT2D eigenvalue weighted by molar-refractivity contribution is -0.0704. The van der Waals surface area contributed by atoms with E-state index in [-0.39, 0.29) is 17.1 Å². The standard InChI is InChI=1S/C24H34N4O3S/c1-19-16-27(17-20(2)31-19)18-22-8-6-21(7-9-22)14-25-24-11-10-23(15-26-24)32(29,30)28-12-4-3-5-13-28/h6-11,15,19-20H,3-5,12-14,16-18H2,1-2H3,(H,25,26). The maximum atomic E-state index is 12.7. The molecule has 0 amide bonds. The smallest absolute Gasteiger partial charge is 0.244 e. The Morgan fingerprint density at radius 2 is 1.62 bits per heavy atom. The summed E-state index contributed by atoms with van der Waals surface area (Å²) >= 11 is 0. The summed E-state index contributed by atoms with van der Waals surface area (Å²) in [4.78, 5) is 7.03. The van der Waals surface area contributed by atoms with Gasteiger partial charge in [0.2, 0.25) is 10.0 Å². The van der Waals surface area contributed by atoms with E-state index in [1.165, 1.54) is 11.8 Å². The molecule has 2 aliphatic heterocycles. The molecule has 2 aromatic rings. The molecule has 2 unspecified atom stereocenters. The summed E-state index contributed by atoms with van der Waals surface area (Å²) < 4.78 is 32.9. The lowest BCUT2D eigenvalue weighted by Crippen LogP contribution is -2.44. The van der Waals surface area contributed by atoms with Crippen molar-refractivity contribution in [2.24, 2.45) is 0 Å². The highest BCUT2D eigenvalue weighted by atomic mass is 32.2. The first-order valence-corrected chi connectivity index (χ1v) is 13.0. The highest BCUT2D eigenvalue weighted by Crippen LogP contribution is 2.21. The number of hydrogen-bond acceptors (Lipinski definition) is 6. The van der Waals surface area contributed by atoms with E-state index in [9.17, 15) is 8.42 Å². The third-order valence-electron chi connectivity index (χ3n) is 6.09. The molecule has 174 valence electrons. The van der Waals surface area contributed by atoms with Crippen molar-refractivity contribution in [2.45, 2.75) is 63.3 Å². The van der Waals surface area contributed by atoms with E-state index >= 15 is 0 Å². The van der Waals surface area contributed by atoms with Gasteiger partial charge >= 0.3 is 0 Å². The first kappa shape index (κ1) is 23.2. The molecule has 2 atom stereocenters. The molecule has 2 saturated heterocycles. The fourth-order valence-electron chi connectivity index (χ4n) is 4.52. The first-order chi connectivity index (χ1) is 15.4. The molecule has 0 radical (unpaired) electrons. The molecular weight excluding hydrogens is 424 g/mol. The van der Waals surface area contributed by atoms with Crippen LogP contribution in [-0.4, -0.2) is 61.0 Å². The fraction of sp³-hybridized carbons (Fsp3) is 0.542. The van der Waals surface area contributed by atoms with Crippen molar-refractivity contribution in [3.63, 3.8) is 0 Å². The Hall–Kier alpha value is -2.00. The van der Waals surface area contributed by atoms with Crippen LogP contribution in [0, 0.1) is 0 Å². The van der Waals surface area contributed by atoms with Gasteiger partial charge in [-0.25, -0.2) is 13.4 Å². The van der Waals surface area contributed by atoms with Crippen LogP contribution in [0.4, 0.5) is 5.82 Å². The number of pyridine rings is 1. The molecule has 8 heteroatoms. The third kappa shape index (κ3) is 5.86. The predicted octanol–water partition coefficient (Wildman–Crippen LogP) is 3.48. The second-order valence-electron chi connectivity index (χ2n) is 8.97. The zero-order valence-corrected chi connectivity index (χ0v) is 19.9. The molecule has 1 N–H and O–H groups in total. The van der Waals surface area contributed by atoms with Gasteiger partial charge < -0.3 is 10.1 Å². The number of anilines is 1. The predicted molar refractivity (Wildman–Crippen MR) is 126 cm³/mol. The molecule has 0 spiro atoms. The van der Waals surface area contributed by atoms with Gasteiger partial charge in [-0.05, 0) is 49.9 Å². The highest BCUT2D eigenvalue weighted by molar-refractivity contribution is 7.89. The summed E-state index contributed by atoms with van der Waals surface area (Å²) in [6, 6.07) is 12.0. The number of rotatable bonds is 7. The number of nitrogens with one attached hydrogen (secondary N) is 1. The molecule has 4 rings (SSSR count). The Bertz CT molecular complexity index is 963. The normalized spacial score (nSPS) is 23.2. The summed E-state index contributed by atoms with van der Waals surface area (Å²) in [5.74, 6) is 0.669. The first-order valence-electron chi connectivity index (χ1n) is 11.6. The van der Waals surface area contributed by atoms with E-state index in [4.69, 9.17) is 4.74 Å². The van der Waals surface area contributed by atoms with Gasteiger partial charge in [-0.1, -0.05) is 30.7 Å². The highest BCUT2D eigenvalue weighted by Gasteiger charge is 2.26. The monoisotopic (exact) mass is 458 g/mol. The van der Waals surface area contributed by atoms with Crippen molar-refractivity contribution < 1.29 is 13.2 Å². The van der Waals surface area contributed by atoms with Crippen molar-refractivity contribution in [3.8, 4) is 0 Å². The Labute approximate surface area is 191 Å². The molecule has 32 heavy (non-hydrogen) atoms. The summed E-state index contributed by atoms with van der Waals surface area (Å²) in [5.41, 5.74) is 2.45. The average Bonchev–Trinajstić information content (AvgIpc) is 2.79. The minimum Gasteiger partial charge on any atom is -0.373 e. The van der Waals surface area contributed by atoms with Gasteiger partial charge in [-0.2, -0.15) is 4.31 Å². The summed E-state index contributed by atoms with van der Waals surface area (Å²) in [5, 5.41) is 3.29. The van der Waals surface area contributed by atoms with Crippen LogP contribution in [0.1, 0.15) is 44.2 Å². The molecule has 0 aliphatic carbocycles. The Morgan fingerprint density at radius 3 is 2.25 bits per heavy atom. The zero-order chi connectivity index (χ0) is 22.6. The van der Waals surface area contributed by atoms with Crippen molar-refractivity contribution >= 4 is 15.8 Å². The minimum absolute atomic E-state index is 0.265. The van der Waals surface area contributed by atoms with Crippen molar-refractivity contribution in [1.82, 2.24) is 14.2 Å². The number of aromatic nitrogens is 1. The third-order valence-corrected chi connectivity index (χ3v) is 7.97. The number of ether oxygens (including phenoxy) is 1. The van der Waals surface area contributed by atoms with E-state index in [0.717, 1.165) is 44.5 Å². The van der Waals surface area contributed by atoms with Crippen LogP contribution in [-0.2, 0) is 27.8 Å². The van der Waals surface area contributed by atoms with Crippen LogP contribution in [0.15, 0.2) is 47.5 Å². The van der Waals surface area contributed by atoms with Gasteiger partial charge in [-0.15, -0.1) is 0 Å². The largest absolute Gasteiger partial charge is 0.373 e. The molecule has 3 heterocycles. The molecule has 0 bridgehead atoms. The molecule has 2 aliphatic rings. The SMILES string of the molecule is CC1CN(Cc2ccc(CNc3ccc(S(=O)(=O)N4CCCCC4)cn3)cc2)CC(C)O1. The lowest BCUT2D eigenvalue weighted by Gasteiger charge is -2.35. The van der Waals surface area contributed by atoms with Gasteiger partial charge in [0.25, 0.3) is 0 Å². The molecule has 0 saturated carbocycles. The maximum Gasteiger partial charge on any atom is 0.244 e. The van der Waals surface area contributed by atoms with E-state index in [2.05, 4.69) is 53.3 Å². The Kier molecular flexibility index (Phi) is 7.45. The Balaban J connectivity index is 1.30. The van der Waals surface area contributed by atoms with Crippen molar-refractivity contribution in [1.29, 1.82) is 0 Å². The van der Waals surface area contributed by atoms with Gasteiger partial charge in [0, 0.05) is 45.5 Å². The molecule has 2 fully saturated rings. The van der Waals surface area contributed by atoms with Crippen molar-refractivity contribution in [3.05, 3.63) is 53.7 Å². The van der Waals surface area contributed by atoms with E-state index in [0.29, 0.717) is 25.5 Å². The topological polar surface area (TPSA) is 74.8 Å². The van der Waals surface area contributed by atoms with E-state index < -0.39 is 10.0 Å². The second kappa shape index (κ2) is 10.3. The fourth-order valence-corrected chi connectivity index (χ4v) is 5.98. The van der Waals surface area contributed by atoms with Gasteiger partial charge in [0.05, 0.1) is 12.2 Å². The summed E-state index contributed by atoms with van der Waals surface area (Å²) in [6.07, 6.45) is 4.96. The van der Waals surface area contributed by atoms with Crippen LogP contribution in [0.3, 0.4) is 0 Å². The summed E-state index contributed by atoms with van der Waals surface area (Å²) in [6.45, 7) is 8.94. The van der Waals surface area contributed by atoms with Crippen LogP contribution in [0.2, 0.25) is 0 Å². The van der Waals surface area contributed by atoms with Crippen LogP contribution >= 0.6 is 0 Å². The number of benzene rings is 1.